The zero-order chi connectivity index (χ0) is 12.0. The molecule has 0 heterocycles. The maximum atomic E-state index is 11.4. The highest BCUT2D eigenvalue weighted by Crippen LogP contribution is 2.18. The van der Waals surface area contributed by atoms with Gasteiger partial charge in [-0.2, -0.15) is 0 Å². The van der Waals surface area contributed by atoms with E-state index < -0.39 is 0 Å². The smallest absolute Gasteiger partial charge is 0.319 e. The zero-order valence-electron chi connectivity index (χ0n) is 10.3. The first-order chi connectivity index (χ1) is 7.71. The molecule has 2 amide bonds. The van der Waals surface area contributed by atoms with Crippen LogP contribution >= 0.6 is 0 Å². The first-order valence-corrected chi connectivity index (χ1v) is 5.87. The second-order valence-electron chi connectivity index (χ2n) is 3.68. The first kappa shape index (κ1) is 12.6. The van der Waals surface area contributed by atoms with Crippen molar-refractivity contribution < 1.29 is 4.79 Å². The third kappa shape index (κ3) is 3.26. The van der Waals surface area contributed by atoms with Gasteiger partial charge in [0.15, 0.2) is 0 Å². The molecular weight excluding hydrogens is 200 g/mol. The number of hydrogen-bond acceptors (Lipinski definition) is 1. The van der Waals surface area contributed by atoms with Crippen molar-refractivity contribution in [3.8, 4) is 0 Å². The quantitative estimate of drug-likeness (QED) is 0.804. The topological polar surface area (TPSA) is 41.1 Å². The second kappa shape index (κ2) is 6.16. The van der Waals surface area contributed by atoms with Gasteiger partial charge in [-0.25, -0.2) is 4.79 Å². The number of carbonyl (C=O) groups is 1. The highest BCUT2D eigenvalue weighted by molar-refractivity contribution is 5.90. The number of carbonyl (C=O) groups excluding carboxylic acids is 1. The Labute approximate surface area is 97.2 Å². The van der Waals surface area contributed by atoms with Crippen LogP contribution < -0.4 is 10.6 Å². The summed E-state index contributed by atoms with van der Waals surface area (Å²) in [6.45, 7) is 6.77. The van der Waals surface area contributed by atoms with Gasteiger partial charge >= 0.3 is 6.03 Å². The monoisotopic (exact) mass is 220 g/mol. The predicted octanol–water partition coefficient (Wildman–Crippen LogP) is 2.95. The molecule has 1 aromatic carbocycles. The number of anilines is 1. The molecule has 0 fully saturated rings. The molecule has 0 bridgehead atoms. The molecule has 0 radical (unpaired) electrons. The minimum Gasteiger partial charge on any atom is -0.338 e. The maximum Gasteiger partial charge on any atom is 0.319 e. The molecular formula is C13H20N2O. The van der Waals surface area contributed by atoms with Crippen LogP contribution in [-0.2, 0) is 12.8 Å². The van der Waals surface area contributed by atoms with E-state index in [2.05, 4.69) is 36.6 Å². The summed E-state index contributed by atoms with van der Waals surface area (Å²) in [6.07, 6.45) is 1.95. The molecule has 1 aromatic rings. The van der Waals surface area contributed by atoms with Crippen molar-refractivity contribution in [2.45, 2.75) is 33.6 Å². The largest absolute Gasteiger partial charge is 0.338 e. The average Bonchev–Trinajstić information content (AvgIpc) is 2.30. The van der Waals surface area contributed by atoms with Crippen molar-refractivity contribution >= 4 is 11.7 Å². The van der Waals surface area contributed by atoms with Gasteiger partial charge in [-0.3, -0.25) is 0 Å². The second-order valence-corrected chi connectivity index (χ2v) is 3.68. The van der Waals surface area contributed by atoms with Gasteiger partial charge in [-0.05, 0) is 37.0 Å². The van der Waals surface area contributed by atoms with Gasteiger partial charge < -0.3 is 10.6 Å². The number of nitrogens with one attached hydrogen (secondary N) is 2. The molecule has 0 saturated carbocycles. The van der Waals surface area contributed by atoms with E-state index in [-0.39, 0.29) is 6.03 Å². The lowest BCUT2D eigenvalue weighted by molar-refractivity contribution is 0.252. The minimum absolute atomic E-state index is 0.138. The summed E-state index contributed by atoms with van der Waals surface area (Å²) in [7, 11) is 0. The van der Waals surface area contributed by atoms with Crippen molar-refractivity contribution in [1.29, 1.82) is 0 Å². The van der Waals surface area contributed by atoms with Crippen LogP contribution in [0, 0.1) is 0 Å². The molecule has 1 rings (SSSR count). The van der Waals surface area contributed by atoms with Gasteiger partial charge in [0, 0.05) is 12.2 Å². The standard InChI is InChI=1S/C13H20N2O/c1-4-10-7-8-12(11(5-2)9-10)15-13(16)14-6-3/h7-9H,4-6H2,1-3H3,(H2,14,15,16). The third-order valence-corrected chi connectivity index (χ3v) is 2.54. The zero-order valence-corrected chi connectivity index (χ0v) is 10.3. The summed E-state index contributed by atoms with van der Waals surface area (Å²) in [6, 6.07) is 6.05. The lowest BCUT2D eigenvalue weighted by Gasteiger charge is -2.11. The lowest BCUT2D eigenvalue weighted by atomic mass is 10.0. The van der Waals surface area contributed by atoms with Crippen LogP contribution in [0.1, 0.15) is 31.9 Å². The molecule has 3 nitrogen and oxygen atoms in total. The Morgan fingerprint density at radius 3 is 2.50 bits per heavy atom. The van der Waals surface area contributed by atoms with E-state index in [1.54, 1.807) is 0 Å². The Morgan fingerprint density at radius 2 is 1.94 bits per heavy atom. The van der Waals surface area contributed by atoms with E-state index in [0.717, 1.165) is 18.5 Å². The summed E-state index contributed by atoms with van der Waals surface area (Å²) in [5.41, 5.74) is 3.40. The van der Waals surface area contributed by atoms with Crippen LogP contribution in [-0.4, -0.2) is 12.6 Å². The molecule has 3 heteroatoms. The van der Waals surface area contributed by atoms with Gasteiger partial charge in [-0.1, -0.05) is 26.0 Å². The molecule has 0 spiro atoms. The highest BCUT2D eigenvalue weighted by atomic mass is 16.2. The van der Waals surface area contributed by atoms with Crippen molar-refractivity contribution in [2.24, 2.45) is 0 Å². The van der Waals surface area contributed by atoms with Gasteiger partial charge in [0.25, 0.3) is 0 Å². The number of amides is 2. The van der Waals surface area contributed by atoms with Crippen LogP contribution in [0.5, 0.6) is 0 Å². The van der Waals surface area contributed by atoms with E-state index in [1.807, 2.05) is 13.0 Å². The molecule has 0 aromatic heterocycles. The minimum atomic E-state index is -0.138. The third-order valence-electron chi connectivity index (χ3n) is 2.54. The number of benzene rings is 1. The van der Waals surface area contributed by atoms with Crippen LogP contribution in [0.2, 0.25) is 0 Å². The van der Waals surface area contributed by atoms with Gasteiger partial charge in [-0.15, -0.1) is 0 Å². The van der Waals surface area contributed by atoms with E-state index >= 15 is 0 Å². The fraction of sp³-hybridized carbons (Fsp3) is 0.462. The molecule has 88 valence electrons. The fourth-order valence-corrected chi connectivity index (χ4v) is 1.61. The van der Waals surface area contributed by atoms with Gasteiger partial charge in [0.1, 0.15) is 0 Å². The van der Waals surface area contributed by atoms with Crippen molar-refractivity contribution in [1.82, 2.24) is 5.32 Å². The molecule has 16 heavy (non-hydrogen) atoms. The first-order valence-electron chi connectivity index (χ1n) is 5.87. The lowest BCUT2D eigenvalue weighted by Crippen LogP contribution is -2.28. The summed E-state index contributed by atoms with van der Waals surface area (Å²) in [5.74, 6) is 0. The Morgan fingerprint density at radius 1 is 1.19 bits per heavy atom. The van der Waals surface area contributed by atoms with Crippen molar-refractivity contribution in [3.05, 3.63) is 29.3 Å². The average molecular weight is 220 g/mol. The number of hydrogen-bond donors (Lipinski definition) is 2. The SMILES string of the molecule is CCNC(=O)Nc1ccc(CC)cc1CC. The molecule has 0 aliphatic carbocycles. The van der Waals surface area contributed by atoms with Gasteiger partial charge in [0.2, 0.25) is 0 Å². The Kier molecular flexibility index (Phi) is 4.83. The van der Waals surface area contributed by atoms with E-state index in [0.29, 0.717) is 6.54 Å². The summed E-state index contributed by atoms with van der Waals surface area (Å²) in [5, 5.41) is 5.59. The predicted molar refractivity (Wildman–Crippen MR) is 67.9 cm³/mol. The van der Waals surface area contributed by atoms with Crippen LogP contribution in [0.25, 0.3) is 0 Å². The van der Waals surface area contributed by atoms with E-state index in [1.165, 1.54) is 11.1 Å². The van der Waals surface area contributed by atoms with E-state index in [9.17, 15) is 4.79 Å². The van der Waals surface area contributed by atoms with Crippen LogP contribution in [0.3, 0.4) is 0 Å². The summed E-state index contributed by atoms with van der Waals surface area (Å²) in [4.78, 5) is 11.4. The molecule has 0 atom stereocenters. The van der Waals surface area contributed by atoms with Crippen molar-refractivity contribution in [3.63, 3.8) is 0 Å². The Balaban J connectivity index is 2.83. The molecule has 2 N–H and O–H groups in total. The molecule has 0 aliphatic rings. The molecule has 0 unspecified atom stereocenters. The molecule has 0 aliphatic heterocycles. The number of aryl methyl sites for hydroxylation is 2. The highest BCUT2D eigenvalue weighted by Gasteiger charge is 2.05. The van der Waals surface area contributed by atoms with Crippen LogP contribution in [0.4, 0.5) is 10.5 Å². The summed E-state index contributed by atoms with van der Waals surface area (Å²) >= 11 is 0. The molecule has 0 saturated heterocycles. The van der Waals surface area contributed by atoms with E-state index in [4.69, 9.17) is 0 Å². The summed E-state index contributed by atoms with van der Waals surface area (Å²) < 4.78 is 0. The maximum absolute atomic E-state index is 11.4. The van der Waals surface area contributed by atoms with Crippen LogP contribution in [0.15, 0.2) is 18.2 Å². The van der Waals surface area contributed by atoms with Crippen molar-refractivity contribution in [2.75, 3.05) is 11.9 Å². The Bertz CT molecular complexity index is 361. The number of urea groups is 1. The Hall–Kier alpha value is -1.51. The normalized spacial score (nSPS) is 9.94. The number of rotatable bonds is 4. The van der Waals surface area contributed by atoms with Gasteiger partial charge in [0.05, 0.1) is 0 Å². The fourth-order valence-electron chi connectivity index (χ4n) is 1.61.